The lowest BCUT2D eigenvalue weighted by atomic mass is 9.60. The highest BCUT2D eigenvalue weighted by Gasteiger charge is 2.66. The summed E-state index contributed by atoms with van der Waals surface area (Å²) in [6, 6.07) is 18.6. The van der Waals surface area contributed by atoms with Crippen LogP contribution in [0, 0.1) is 5.92 Å². The zero-order valence-electron chi connectivity index (χ0n) is 18.7. The Bertz CT molecular complexity index is 938. The maximum Gasteiger partial charge on any atom is 0.225 e. The Labute approximate surface area is 189 Å². The van der Waals surface area contributed by atoms with Crippen molar-refractivity contribution in [2.75, 3.05) is 40.0 Å². The van der Waals surface area contributed by atoms with Crippen LogP contribution in [-0.4, -0.2) is 72.4 Å². The van der Waals surface area contributed by atoms with Crippen LogP contribution in [0.25, 0.3) is 0 Å². The summed E-state index contributed by atoms with van der Waals surface area (Å²) >= 11 is 0. The monoisotopic (exact) mass is 436 g/mol. The molecule has 0 saturated carbocycles. The minimum Gasteiger partial charge on any atom is -0.497 e. The molecule has 32 heavy (non-hydrogen) atoms. The number of carbonyl (C=O) groups is 1. The van der Waals surface area contributed by atoms with Crippen LogP contribution >= 0.6 is 0 Å². The molecule has 1 amide bonds. The fourth-order valence-corrected chi connectivity index (χ4v) is 5.96. The van der Waals surface area contributed by atoms with Crippen molar-refractivity contribution in [3.05, 3.63) is 65.7 Å². The van der Waals surface area contributed by atoms with Gasteiger partial charge in [-0.3, -0.25) is 9.69 Å². The summed E-state index contributed by atoms with van der Waals surface area (Å²) in [4.78, 5) is 17.6. The number of carbonyl (C=O) groups excluding carboxylic acids is 1. The smallest absolute Gasteiger partial charge is 0.225 e. The third kappa shape index (κ3) is 3.60. The van der Waals surface area contributed by atoms with Crippen LogP contribution in [0.5, 0.6) is 5.75 Å². The number of hydrogen-bond donors (Lipinski definition) is 1. The van der Waals surface area contributed by atoms with Gasteiger partial charge in [0.15, 0.2) is 0 Å². The van der Waals surface area contributed by atoms with Crippen LogP contribution in [-0.2, 0) is 16.1 Å². The van der Waals surface area contributed by atoms with E-state index in [1.54, 1.807) is 7.11 Å². The van der Waals surface area contributed by atoms with Crippen molar-refractivity contribution in [2.45, 2.75) is 36.9 Å². The standard InChI is InChI=1S/C26H32N2O4/c1-31-22-9-5-6-19(14-22)15-28-23(16-29)24(20-7-3-2-4-8-20)26(28)17-27(18-26)25(30)21-10-12-32-13-11-21/h2-9,14,21,23-24,29H,10-13,15-18H2,1H3/t23-,24+/m0/s1. The fourth-order valence-electron chi connectivity index (χ4n) is 5.96. The van der Waals surface area contributed by atoms with Gasteiger partial charge in [0.25, 0.3) is 0 Å². The van der Waals surface area contributed by atoms with Crippen molar-refractivity contribution >= 4 is 5.91 Å². The van der Waals surface area contributed by atoms with Crippen LogP contribution in [0.3, 0.4) is 0 Å². The van der Waals surface area contributed by atoms with E-state index in [1.807, 2.05) is 23.1 Å². The van der Waals surface area contributed by atoms with Crippen molar-refractivity contribution < 1.29 is 19.4 Å². The maximum atomic E-state index is 13.1. The quantitative estimate of drug-likeness (QED) is 0.755. The molecule has 170 valence electrons. The summed E-state index contributed by atoms with van der Waals surface area (Å²) in [5.74, 6) is 1.39. The Morgan fingerprint density at radius 3 is 2.56 bits per heavy atom. The average molecular weight is 437 g/mol. The van der Waals surface area contributed by atoms with Gasteiger partial charge in [0.05, 0.1) is 19.3 Å². The molecule has 3 fully saturated rings. The molecule has 2 atom stereocenters. The molecule has 3 aliphatic rings. The molecule has 5 rings (SSSR count). The number of likely N-dealkylation sites (tertiary alicyclic amines) is 2. The lowest BCUT2D eigenvalue weighted by Gasteiger charge is -2.71. The number of methoxy groups -OCH3 is 1. The minimum atomic E-state index is -0.140. The normalized spacial score (nSPS) is 25.2. The van der Waals surface area contributed by atoms with E-state index in [-0.39, 0.29) is 35.9 Å². The number of ether oxygens (including phenoxy) is 2. The Morgan fingerprint density at radius 1 is 1.12 bits per heavy atom. The molecule has 1 spiro atoms. The maximum absolute atomic E-state index is 13.1. The van der Waals surface area contributed by atoms with Crippen molar-refractivity contribution in [3.63, 3.8) is 0 Å². The summed E-state index contributed by atoms with van der Waals surface area (Å²) in [6.07, 6.45) is 1.63. The Balaban J connectivity index is 1.40. The molecular formula is C26H32N2O4. The summed E-state index contributed by atoms with van der Waals surface area (Å²) < 4.78 is 10.9. The lowest BCUT2D eigenvalue weighted by molar-refractivity contribution is -0.203. The number of aliphatic hydroxyl groups excluding tert-OH is 1. The highest BCUT2D eigenvalue weighted by Crippen LogP contribution is 2.54. The van der Waals surface area contributed by atoms with Gasteiger partial charge < -0.3 is 19.5 Å². The van der Waals surface area contributed by atoms with E-state index in [0.717, 1.165) is 30.7 Å². The SMILES string of the molecule is COc1cccc(CN2[C@@H](CO)[C@@H](c3ccccc3)C23CN(C(=O)C2CCOCC2)C3)c1. The second kappa shape index (κ2) is 8.85. The molecule has 0 aromatic heterocycles. The van der Waals surface area contributed by atoms with Gasteiger partial charge in [-0.25, -0.2) is 0 Å². The average Bonchev–Trinajstić information content (AvgIpc) is 2.82. The van der Waals surface area contributed by atoms with E-state index in [9.17, 15) is 9.90 Å². The molecule has 1 N–H and O–H groups in total. The molecule has 2 aromatic rings. The third-order valence-electron chi connectivity index (χ3n) is 7.58. The van der Waals surface area contributed by atoms with E-state index in [2.05, 4.69) is 41.3 Å². The highest BCUT2D eigenvalue weighted by molar-refractivity contribution is 5.80. The van der Waals surface area contributed by atoms with Gasteiger partial charge in [-0.05, 0) is 36.1 Å². The van der Waals surface area contributed by atoms with Gasteiger partial charge in [0.1, 0.15) is 5.75 Å². The van der Waals surface area contributed by atoms with Crippen molar-refractivity contribution in [2.24, 2.45) is 5.92 Å². The summed E-state index contributed by atoms with van der Waals surface area (Å²) in [6.45, 7) is 3.60. The van der Waals surface area contributed by atoms with Crippen LogP contribution in [0.4, 0.5) is 0 Å². The van der Waals surface area contributed by atoms with E-state index in [0.29, 0.717) is 26.3 Å². The molecule has 3 saturated heterocycles. The Kier molecular flexibility index (Phi) is 5.93. The molecular weight excluding hydrogens is 404 g/mol. The predicted octanol–water partition coefficient (Wildman–Crippen LogP) is 2.66. The molecule has 6 nitrogen and oxygen atoms in total. The van der Waals surface area contributed by atoms with Crippen LogP contribution in [0.2, 0.25) is 0 Å². The summed E-state index contributed by atoms with van der Waals surface area (Å²) in [7, 11) is 1.68. The Hall–Kier alpha value is -2.41. The first-order chi connectivity index (χ1) is 15.7. The fraction of sp³-hybridized carbons (Fsp3) is 0.500. The number of nitrogens with zero attached hydrogens (tertiary/aromatic N) is 2. The van der Waals surface area contributed by atoms with E-state index >= 15 is 0 Å². The number of amides is 1. The molecule has 2 aromatic carbocycles. The van der Waals surface area contributed by atoms with Crippen LogP contribution in [0.1, 0.15) is 29.9 Å². The molecule has 6 heteroatoms. The van der Waals surface area contributed by atoms with E-state index in [1.165, 1.54) is 5.56 Å². The summed E-state index contributed by atoms with van der Waals surface area (Å²) in [5, 5.41) is 10.3. The first-order valence-electron chi connectivity index (χ1n) is 11.6. The van der Waals surface area contributed by atoms with Gasteiger partial charge in [-0.2, -0.15) is 0 Å². The van der Waals surface area contributed by atoms with Crippen molar-refractivity contribution in [1.82, 2.24) is 9.80 Å². The van der Waals surface area contributed by atoms with Gasteiger partial charge in [-0.15, -0.1) is 0 Å². The van der Waals surface area contributed by atoms with Crippen molar-refractivity contribution in [1.29, 1.82) is 0 Å². The zero-order chi connectivity index (χ0) is 22.1. The van der Waals surface area contributed by atoms with Crippen LogP contribution < -0.4 is 4.74 Å². The number of benzene rings is 2. The highest BCUT2D eigenvalue weighted by atomic mass is 16.5. The molecule has 0 radical (unpaired) electrons. The molecule has 3 heterocycles. The number of hydrogen-bond acceptors (Lipinski definition) is 5. The largest absolute Gasteiger partial charge is 0.497 e. The number of rotatable bonds is 6. The predicted molar refractivity (Wildman–Crippen MR) is 121 cm³/mol. The van der Waals surface area contributed by atoms with Gasteiger partial charge in [0, 0.05) is 50.7 Å². The summed E-state index contributed by atoms with van der Waals surface area (Å²) in [5.41, 5.74) is 2.26. The van der Waals surface area contributed by atoms with Gasteiger partial charge in [-0.1, -0.05) is 42.5 Å². The minimum absolute atomic E-state index is 0.0314. The van der Waals surface area contributed by atoms with Gasteiger partial charge in [0.2, 0.25) is 5.91 Å². The molecule has 3 aliphatic heterocycles. The first-order valence-corrected chi connectivity index (χ1v) is 11.6. The third-order valence-corrected chi connectivity index (χ3v) is 7.58. The second-order valence-corrected chi connectivity index (χ2v) is 9.30. The van der Waals surface area contributed by atoms with Crippen molar-refractivity contribution in [3.8, 4) is 5.75 Å². The van der Waals surface area contributed by atoms with Gasteiger partial charge >= 0.3 is 0 Å². The zero-order valence-corrected chi connectivity index (χ0v) is 18.7. The topological polar surface area (TPSA) is 62.2 Å². The Morgan fingerprint density at radius 2 is 1.88 bits per heavy atom. The molecule has 0 unspecified atom stereocenters. The number of aliphatic hydroxyl groups is 1. The van der Waals surface area contributed by atoms with Crippen LogP contribution in [0.15, 0.2) is 54.6 Å². The molecule has 0 aliphatic carbocycles. The lowest BCUT2D eigenvalue weighted by Crippen LogP contribution is -2.84. The first kappa shape index (κ1) is 21.4. The molecule has 0 bridgehead atoms. The second-order valence-electron chi connectivity index (χ2n) is 9.30. The van der Waals surface area contributed by atoms with E-state index < -0.39 is 0 Å². The van der Waals surface area contributed by atoms with E-state index in [4.69, 9.17) is 9.47 Å².